The molecule has 1 amide bonds. The van der Waals surface area contributed by atoms with Crippen LogP contribution in [0.3, 0.4) is 0 Å². The zero-order chi connectivity index (χ0) is 21.6. The molecule has 2 atom stereocenters. The molecule has 1 aliphatic carbocycles. The van der Waals surface area contributed by atoms with Crippen molar-refractivity contribution in [2.75, 3.05) is 24.5 Å². The van der Waals surface area contributed by atoms with Crippen molar-refractivity contribution in [3.05, 3.63) is 18.0 Å². The maximum absolute atomic E-state index is 13.3. The van der Waals surface area contributed by atoms with E-state index in [1.54, 1.807) is 6.07 Å². The van der Waals surface area contributed by atoms with Gasteiger partial charge in [-0.3, -0.25) is 4.79 Å². The van der Waals surface area contributed by atoms with Gasteiger partial charge in [0, 0.05) is 31.6 Å². The molecule has 0 aromatic carbocycles. The van der Waals surface area contributed by atoms with Crippen LogP contribution >= 0.6 is 0 Å². The Morgan fingerprint density at radius 1 is 0.935 bits per heavy atom. The van der Waals surface area contributed by atoms with E-state index in [4.69, 9.17) is 0 Å². The third-order valence-electron chi connectivity index (χ3n) is 7.20. The highest BCUT2D eigenvalue weighted by Gasteiger charge is 2.40. The van der Waals surface area contributed by atoms with Gasteiger partial charge in [-0.1, -0.05) is 12.8 Å². The Morgan fingerprint density at radius 2 is 1.68 bits per heavy atom. The molecule has 0 radical (unpaired) electrons. The molecule has 2 aliphatic heterocycles. The highest BCUT2D eigenvalue weighted by Crippen LogP contribution is 2.37. The van der Waals surface area contributed by atoms with Crippen LogP contribution in [-0.4, -0.2) is 56.3 Å². The lowest BCUT2D eigenvalue weighted by atomic mass is 9.77. The van der Waals surface area contributed by atoms with Crippen molar-refractivity contribution in [1.82, 2.24) is 24.7 Å². The minimum atomic E-state index is -4.62. The van der Waals surface area contributed by atoms with E-state index in [1.165, 1.54) is 31.7 Å². The molecule has 2 aromatic rings. The molecule has 5 rings (SSSR count). The van der Waals surface area contributed by atoms with Gasteiger partial charge in [-0.25, -0.2) is 0 Å². The van der Waals surface area contributed by atoms with Crippen LogP contribution in [0.4, 0.5) is 19.0 Å². The first-order valence-corrected chi connectivity index (χ1v) is 11.3. The number of nitrogens with zero attached hydrogens (tertiary/aromatic N) is 6. The van der Waals surface area contributed by atoms with Gasteiger partial charge in [0.2, 0.25) is 5.91 Å². The Kier molecular flexibility index (Phi) is 5.26. The van der Waals surface area contributed by atoms with E-state index < -0.39 is 12.0 Å². The van der Waals surface area contributed by atoms with Gasteiger partial charge < -0.3 is 9.80 Å². The molecular weight excluding hydrogens is 409 g/mol. The number of aromatic nitrogens is 4. The summed E-state index contributed by atoms with van der Waals surface area (Å²) in [5, 5.41) is 10.9. The summed E-state index contributed by atoms with van der Waals surface area (Å²) < 4.78 is 40.2. The zero-order valence-corrected chi connectivity index (χ0v) is 17.4. The van der Waals surface area contributed by atoms with E-state index in [-0.39, 0.29) is 17.5 Å². The third kappa shape index (κ3) is 3.85. The number of amides is 1. The normalized spacial score (nSPS) is 25.6. The second kappa shape index (κ2) is 7.94. The SMILES string of the molecule is O=C(C1CCN(c2ccc3nnc(C(F)(F)F)n3n2)CC1)N1CCC[C@@H]2CCCC[C@H]21. The predicted molar refractivity (Wildman–Crippen MR) is 107 cm³/mol. The van der Waals surface area contributed by atoms with Gasteiger partial charge in [0.05, 0.1) is 0 Å². The van der Waals surface area contributed by atoms with Crippen LogP contribution < -0.4 is 4.90 Å². The monoisotopic (exact) mass is 436 g/mol. The molecule has 4 heterocycles. The molecule has 3 aliphatic rings. The van der Waals surface area contributed by atoms with Crippen molar-refractivity contribution in [2.45, 2.75) is 63.6 Å². The Bertz CT molecular complexity index is 950. The molecule has 0 unspecified atom stereocenters. The largest absolute Gasteiger partial charge is 0.453 e. The number of carbonyl (C=O) groups is 1. The smallest absolute Gasteiger partial charge is 0.355 e. The number of carbonyl (C=O) groups excluding carboxylic acids is 1. The molecule has 7 nitrogen and oxygen atoms in total. The van der Waals surface area contributed by atoms with Gasteiger partial charge in [0.1, 0.15) is 5.82 Å². The van der Waals surface area contributed by atoms with Gasteiger partial charge in [-0.15, -0.1) is 15.3 Å². The molecule has 0 N–H and O–H groups in total. The topological polar surface area (TPSA) is 66.6 Å². The quantitative estimate of drug-likeness (QED) is 0.721. The first kappa shape index (κ1) is 20.5. The summed E-state index contributed by atoms with van der Waals surface area (Å²) >= 11 is 0. The number of halogens is 3. The van der Waals surface area contributed by atoms with Crippen molar-refractivity contribution < 1.29 is 18.0 Å². The van der Waals surface area contributed by atoms with E-state index in [0.29, 0.717) is 43.7 Å². The van der Waals surface area contributed by atoms with Crippen LogP contribution in [0.15, 0.2) is 12.1 Å². The second-order valence-corrected chi connectivity index (χ2v) is 9.03. The predicted octanol–water partition coefficient (Wildman–Crippen LogP) is 3.54. The Morgan fingerprint density at radius 3 is 2.45 bits per heavy atom. The molecule has 0 spiro atoms. The minimum Gasteiger partial charge on any atom is -0.355 e. The first-order valence-electron chi connectivity index (χ1n) is 11.3. The van der Waals surface area contributed by atoms with Gasteiger partial charge in [0.15, 0.2) is 5.65 Å². The average molecular weight is 436 g/mol. The second-order valence-electron chi connectivity index (χ2n) is 9.03. The average Bonchev–Trinajstić information content (AvgIpc) is 3.22. The van der Waals surface area contributed by atoms with Crippen LogP contribution in [0, 0.1) is 11.8 Å². The molecule has 3 fully saturated rings. The lowest BCUT2D eigenvalue weighted by Gasteiger charge is -2.46. The third-order valence-corrected chi connectivity index (χ3v) is 7.20. The lowest BCUT2D eigenvalue weighted by molar-refractivity contribution is -0.146. The number of alkyl halides is 3. The summed E-state index contributed by atoms with van der Waals surface area (Å²) in [6.45, 7) is 2.06. The number of rotatable bonds is 2. The summed E-state index contributed by atoms with van der Waals surface area (Å²) in [6, 6.07) is 3.58. The van der Waals surface area contributed by atoms with Crippen LogP contribution in [0.1, 0.15) is 57.2 Å². The molecular formula is C21H27F3N6O. The zero-order valence-electron chi connectivity index (χ0n) is 17.4. The number of anilines is 1. The summed E-state index contributed by atoms with van der Waals surface area (Å²) in [4.78, 5) is 17.4. The van der Waals surface area contributed by atoms with Gasteiger partial charge >= 0.3 is 6.18 Å². The van der Waals surface area contributed by atoms with E-state index in [2.05, 4.69) is 20.2 Å². The van der Waals surface area contributed by atoms with Crippen LogP contribution in [-0.2, 0) is 11.0 Å². The molecule has 2 saturated heterocycles. The van der Waals surface area contributed by atoms with Crippen LogP contribution in [0.2, 0.25) is 0 Å². The van der Waals surface area contributed by atoms with Crippen molar-refractivity contribution >= 4 is 17.4 Å². The van der Waals surface area contributed by atoms with Gasteiger partial charge in [-0.05, 0) is 56.6 Å². The Hall–Kier alpha value is -2.39. The minimum absolute atomic E-state index is 0.0127. The van der Waals surface area contributed by atoms with Crippen LogP contribution in [0.5, 0.6) is 0 Å². The maximum Gasteiger partial charge on any atom is 0.453 e. The van der Waals surface area contributed by atoms with E-state index in [9.17, 15) is 18.0 Å². The molecule has 0 bridgehead atoms. The number of hydrogen-bond acceptors (Lipinski definition) is 5. The maximum atomic E-state index is 13.3. The summed E-state index contributed by atoms with van der Waals surface area (Å²) in [7, 11) is 0. The van der Waals surface area contributed by atoms with E-state index >= 15 is 0 Å². The number of piperidine rings is 2. The molecule has 2 aromatic heterocycles. The summed E-state index contributed by atoms with van der Waals surface area (Å²) in [5.41, 5.74) is 0.0632. The fraction of sp³-hybridized carbons (Fsp3) is 0.714. The summed E-state index contributed by atoms with van der Waals surface area (Å²) in [6.07, 6.45) is 3.96. The molecule has 31 heavy (non-hydrogen) atoms. The fourth-order valence-corrected chi connectivity index (χ4v) is 5.61. The number of hydrogen-bond donors (Lipinski definition) is 0. The Balaban J connectivity index is 1.26. The van der Waals surface area contributed by atoms with Crippen molar-refractivity contribution in [3.63, 3.8) is 0 Å². The van der Waals surface area contributed by atoms with Gasteiger partial charge in [-0.2, -0.15) is 17.7 Å². The standard InChI is InChI=1S/C21H27F3N6O/c22-21(23,24)20-26-25-17-7-8-18(27-30(17)20)28-12-9-15(10-13-28)19(31)29-11-3-5-14-4-1-2-6-16(14)29/h7-8,14-16H,1-6,9-13H2/t14-,16+/m0/s1. The van der Waals surface area contributed by atoms with Crippen molar-refractivity contribution in [3.8, 4) is 0 Å². The molecule has 1 saturated carbocycles. The van der Waals surface area contributed by atoms with Crippen molar-refractivity contribution in [1.29, 1.82) is 0 Å². The molecule has 10 heteroatoms. The van der Waals surface area contributed by atoms with Crippen molar-refractivity contribution in [2.24, 2.45) is 11.8 Å². The van der Waals surface area contributed by atoms with E-state index in [1.807, 2.05) is 4.90 Å². The Labute approximate surface area is 178 Å². The first-order chi connectivity index (χ1) is 14.9. The lowest BCUT2D eigenvalue weighted by Crippen LogP contribution is -2.52. The van der Waals surface area contributed by atoms with E-state index in [0.717, 1.165) is 23.9 Å². The highest BCUT2D eigenvalue weighted by molar-refractivity contribution is 5.79. The molecule has 168 valence electrons. The number of fused-ring (bicyclic) bond motifs is 2. The van der Waals surface area contributed by atoms with Gasteiger partial charge in [0.25, 0.3) is 5.82 Å². The fourth-order valence-electron chi connectivity index (χ4n) is 5.61. The van der Waals surface area contributed by atoms with Crippen LogP contribution in [0.25, 0.3) is 5.65 Å². The number of likely N-dealkylation sites (tertiary alicyclic amines) is 1. The highest BCUT2D eigenvalue weighted by atomic mass is 19.4. The summed E-state index contributed by atoms with van der Waals surface area (Å²) in [5.74, 6) is 0.254.